The summed E-state index contributed by atoms with van der Waals surface area (Å²) >= 11 is 0. The number of anilines is 1. The van der Waals surface area contributed by atoms with E-state index in [1.54, 1.807) is 36.4 Å². The van der Waals surface area contributed by atoms with Crippen LogP contribution in [0.3, 0.4) is 0 Å². The predicted molar refractivity (Wildman–Crippen MR) is 138 cm³/mol. The van der Waals surface area contributed by atoms with Crippen molar-refractivity contribution in [2.24, 2.45) is 0 Å². The van der Waals surface area contributed by atoms with Gasteiger partial charge in [-0.2, -0.15) is 0 Å². The van der Waals surface area contributed by atoms with Crippen molar-refractivity contribution in [1.29, 1.82) is 0 Å². The summed E-state index contributed by atoms with van der Waals surface area (Å²) in [5, 5.41) is 0. The monoisotopic (exact) mass is 439 g/mol. The molecule has 0 unspecified atom stereocenters. The summed E-state index contributed by atoms with van der Waals surface area (Å²) in [6.45, 7) is 11.6. The number of rotatable bonds is 4. The van der Waals surface area contributed by atoms with E-state index in [1.807, 2.05) is 12.1 Å². The van der Waals surface area contributed by atoms with Crippen LogP contribution in [0.5, 0.6) is 5.75 Å². The number of benzene rings is 3. The molecule has 1 aliphatic rings. The molecule has 0 saturated carbocycles. The third-order valence-corrected chi connectivity index (χ3v) is 6.93. The number of carbonyl (C=O) groups excluding carboxylic acids is 1. The van der Waals surface area contributed by atoms with Crippen LogP contribution in [0.1, 0.15) is 80.1 Å². The van der Waals surface area contributed by atoms with Crippen LogP contribution in [-0.2, 0) is 10.8 Å². The van der Waals surface area contributed by atoms with Gasteiger partial charge in [0.25, 0.3) is 0 Å². The van der Waals surface area contributed by atoms with E-state index in [0.29, 0.717) is 17.0 Å². The first-order valence-electron chi connectivity index (χ1n) is 11.6. The van der Waals surface area contributed by atoms with E-state index in [1.165, 1.54) is 35.1 Å². The molecule has 1 aliphatic carbocycles. The lowest BCUT2D eigenvalue weighted by molar-refractivity contribution is 0.0735. The Morgan fingerprint density at radius 3 is 2.03 bits per heavy atom. The second-order valence-corrected chi connectivity index (χ2v) is 10.4. The van der Waals surface area contributed by atoms with Crippen molar-refractivity contribution >= 4 is 23.3 Å². The van der Waals surface area contributed by atoms with Crippen LogP contribution in [-0.4, -0.2) is 5.97 Å². The van der Waals surface area contributed by atoms with Crippen LogP contribution in [0, 0.1) is 0 Å². The van der Waals surface area contributed by atoms with E-state index in [0.717, 1.165) is 5.56 Å². The summed E-state index contributed by atoms with van der Waals surface area (Å²) in [6.07, 6.45) is 4.58. The average Bonchev–Trinajstić information content (AvgIpc) is 2.79. The molecule has 0 aromatic heterocycles. The maximum absolute atomic E-state index is 12.4. The van der Waals surface area contributed by atoms with Gasteiger partial charge >= 0.3 is 5.97 Å². The van der Waals surface area contributed by atoms with Gasteiger partial charge in [-0.3, -0.25) is 0 Å². The smallest absolute Gasteiger partial charge is 0.343 e. The zero-order chi connectivity index (χ0) is 23.8. The summed E-state index contributed by atoms with van der Waals surface area (Å²) in [5.41, 5.74) is 13.7. The molecule has 3 aromatic carbocycles. The Balaban J connectivity index is 1.53. The second kappa shape index (κ2) is 8.55. The topological polar surface area (TPSA) is 52.3 Å². The van der Waals surface area contributed by atoms with Crippen molar-refractivity contribution in [3.8, 4) is 5.75 Å². The molecular weight excluding hydrogens is 406 g/mol. The molecule has 0 aliphatic heterocycles. The first-order valence-corrected chi connectivity index (χ1v) is 11.6. The maximum Gasteiger partial charge on any atom is 0.343 e. The zero-order valence-corrected chi connectivity index (χ0v) is 20.2. The van der Waals surface area contributed by atoms with Gasteiger partial charge in [-0.1, -0.05) is 64.1 Å². The first kappa shape index (κ1) is 22.8. The number of esters is 1. The lowest BCUT2D eigenvalue weighted by atomic mass is 9.63. The summed E-state index contributed by atoms with van der Waals surface area (Å²) in [4.78, 5) is 12.4. The average molecular weight is 440 g/mol. The van der Waals surface area contributed by atoms with Crippen LogP contribution >= 0.6 is 0 Å². The lowest BCUT2D eigenvalue weighted by Crippen LogP contribution is -2.33. The molecule has 33 heavy (non-hydrogen) atoms. The molecular formula is C30H33NO2. The standard InChI is InChI=1S/C30H33NO2/c1-20(23-10-15-26-27(19-23)30(4,5)17-16-29(26,2)3)18-21-6-8-22(9-7-21)28(32)33-25-13-11-24(31)12-14-25/h6-15,18-19H,16-17,31H2,1-5H3. The highest BCUT2D eigenvalue weighted by Gasteiger charge is 2.36. The number of hydrogen-bond acceptors (Lipinski definition) is 3. The number of fused-ring (bicyclic) bond motifs is 1. The van der Waals surface area contributed by atoms with E-state index in [9.17, 15) is 4.79 Å². The SMILES string of the molecule is CC(=Cc1ccc(C(=O)Oc2ccc(N)cc2)cc1)c1ccc2c(c1)C(C)(C)CCC2(C)C. The molecule has 0 fully saturated rings. The minimum atomic E-state index is -0.383. The van der Waals surface area contributed by atoms with Crippen molar-refractivity contribution in [3.63, 3.8) is 0 Å². The van der Waals surface area contributed by atoms with E-state index in [2.05, 4.69) is 58.9 Å². The molecule has 0 saturated heterocycles. The molecule has 0 amide bonds. The molecule has 3 nitrogen and oxygen atoms in total. The van der Waals surface area contributed by atoms with Crippen molar-refractivity contribution in [1.82, 2.24) is 0 Å². The van der Waals surface area contributed by atoms with Gasteiger partial charge in [0.1, 0.15) is 5.75 Å². The Kier molecular flexibility index (Phi) is 5.92. The highest BCUT2D eigenvalue weighted by atomic mass is 16.5. The van der Waals surface area contributed by atoms with Crippen LogP contribution in [0.25, 0.3) is 11.6 Å². The van der Waals surface area contributed by atoms with Crippen molar-refractivity contribution in [2.75, 3.05) is 5.73 Å². The van der Waals surface area contributed by atoms with Crippen molar-refractivity contribution < 1.29 is 9.53 Å². The zero-order valence-electron chi connectivity index (χ0n) is 20.2. The number of allylic oxidation sites excluding steroid dienone is 1. The Bertz CT molecular complexity index is 1200. The number of ether oxygens (including phenoxy) is 1. The lowest BCUT2D eigenvalue weighted by Gasteiger charge is -2.42. The van der Waals surface area contributed by atoms with E-state index < -0.39 is 0 Å². The van der Waals surface area contributed by atoms with Gasteiger partial charge in [-0.15, -0.1) is 0 Å². The fraction of sp³-hybridized carbons (Fsp3) is 0.300. The van der Waals surface area contributed by atoms with Gasteiger partial charge in [-0.05, 0) is 94.8 Å². The van der Waals surface area contributed by atoms with Crippen LogP contribution in [0.2, 0.25) is 0 Å². The highest BCUT2D eigenvalue weighted by molar-refractivity contribution is 5.91. The van der Waals surface area contributed by atoms with E-state index >= 15 is 0 Å². The number of nitrogens with two attached hydrogens (primary N) is 1. The molecule has 170 valence electrons. The van der Waals surface area contributed by atoms with Crippen molar-refractivity contribution in [3.05, 3.63) is 94.5 Å². The molecule has 0 heterocycles. The molecule has 4 rings (SSSR count). The third-order valence-electron chi connectivity index (χ3n) is 6.93. The molecule has 0 spiro atoms. The molecule has 2 N–H and O–H groups in total. The second-order valence-electron chi connectivity index (χ2n) is 10.4. The van der Waals surface area contributed by atoms with Crippen LogP contribution in [0.15, 0.2) is 66.7 Å². The normalized spacial score (nSPS) is 16.7. The van der Waals surface area contributed by atoms with Gasteiger partial charge < -0.3 is 10.5 Å². The highest BCUT2D eigenvalue weighted by Crippen LogP contribution is 2.46. The summed E-state index contributed by atoms with van der Waals surface area (Å²) < 4.78 is 5.42. The van der Waals surface area contributed by atoms with Gasteiger partial charge in [0.05, 0.1) is 5.56 Å². The predicted octanol–water partition coefficient (Wildman–Crippen LogP) is 7.40. The van der Waals surface area contributed by atoms with Gasteiger partial charge in [0.2, 0.25) is 0 Å². The largest absolute Gasteiger partial charge is 0.423 e. The Morgan fingerprint density at radius 1 is 0.818 bits per heavy atom. The Labute approximate surface area is 197 Å². The van der Waals surface area contributed by atoms with Crippen molar-refractivity contribution in [2.45, 2.75) is 58.3 Å². The van der Waals surface area contributed by atoms with E-state index in [4.69, 9.17) is 10.5 Å². The van der Waals surface area contributed by atoms with Gasteiger partial charge in [0, 0.05) is 5.69 Å². The molecule has 0 bridgehead atoms. The number of carbonyl (C=O) groups is 1. The molecule has 0 radical (unpaired) electrons. The van der Waals surface area contributed by atoms with Gasteiger partial charge in [-0.25, -0.2) is 4.79 Å². The van der Waals surface area contributed by atoms with Crippen LogP contribution in [0.4, 0.5) is 5.69 Å². The molecule has 3 aromatic rings. The first-order chi connectivity index (χ1) is 15.5. The molecule has 0 atom stereocenters. The fourth-order valence-electron chi connectivity index (χ4n) is 4.58. The number of hydrogen-bond donors (Lipinski definition) is 1. The minimum Gasteiger partial charge on any atom is -0.423 e. The molecule has 3 heteroatoms. The fourth-order valence-corrected chi connectivity index (χ4v) is 4.58. The summed E-state index contributed by atoms with van der Waals surface area (Å²) in [5.74, 6) is 0.0964. The third kappa shape index (κ3) is 4.88. The Hall–Kier alpha value is -3.33. The summed E-state index contributed by atoms with van der Waals surface area (Å²) in [6, 6.07) is 21.2. The quantitative estimate of drug-likeness (QED) is 0.199. The van der Waals surface area contributed by atoms with Gasteiger partial charge in [0.15, 0.2) is 0 Å². The number of nitrogen functional groups attached to an aromatic ring is 1. The van der Waals surface area contributed by atoms with E-state index in [-0.39, 0.29) is 16.8 Å². The minimum absolute atomic E-state index is 0.188. The maximum atomic E-state index is 12.4. The van der Waals surface area contributed by atoms with Crippen LogP contribution < -0.4 is 10.5 Å². The Morgan fingerprint density at radius 2 is 1.39 bits per heavy atom. The summed E-state index contributed by atoms with van der Waals surface area (Å²) in [7, 11) is 0.